The van der Waals surface area contributed by atoms with E-state index in [1.54, 1.807) is 27.7 Å². The minimum absolute atomic E-state index is 0.00265. The molecule has 2 heterocycles. The summed E-state index contributed by atoms with van der Waals surface area (Å²) in [7, 11) is 0. The van der Waals surface area contributed by atoms with Gasteiger partial charge < -0.3 is 68.5 Å². The highest BCUT2D eigenvalue weighted by Gasteiger charge is 2.46. The second-order valence-corrected chi connectivity index (χ2v) is 25.4. The molecule has 0 aliphatic carbocycles. The lowest BCUT2D eigenvalue weighted by molar-refractivity contribution is -0.146. The van der Waals surface area contributed by atoms with Crippen LogP contribution in [0.4, 0.5) is 0 Å². The van der Waals surface area contributed by atoms with Crippen LogP contribution in [0.25, 0.3) is 0 Å². The van der Waals surface area contributed by atoms with Crippen LogP contribution >= 0.6 is 0 Å². The molecule has 2 rings (SSSR count). The van der Waals surface area contributed by atoms with Crippen LogP contribution < -0.4 is 53.6 Å². The Labute approximate surface area is 491 Å². The summed E-state index contributed by atoms with van der Waals surface area (Å²) in [5, 5.41) is 34.3. The maximum absolute atomic E-state index is 14.5. The summed E-state index contributed by atoms with van der Waals surface area (Å²) < 4.78 is 0. The number of nitrogens with zero attached hydrogens (tertiary/aromatic N) is 2. The topological polar surface area (TPSA) is 366 Å². The fourth-order valence-corrected chi connectivity index (χ4v) is 10.2. The molecule has 83 heavy (non-hydrogen) atoms. The van der Waals surface area contributed by atoms with Gasteiger partial charge in [-0.2, -0.15) is 0 Å². The molecule has 0 spiro atoms. The molecule has 12 N–H and O–H groups in total. The van der Waals surface area contributed by atoms with E-state index in [-0.39, 0.29) is 62.6 Å². The van der Waals surface area contributed by atoms with Crippen molar-refractivity contribution in [2.24, 2.45) is 35.3 Å². The second-order valence-electron chi connectivity index (χ2n) is 25.4. The van der Waals surface area contributed by atoms with Gasteiger partial charge >= 0.3 is 0 Å². The highest BCUT2D eigenvalue weighted by Crippen LogP contribution is 2.25. The van der Waals surface area contributed by atoms with Crippen molar-refractivity contribution in [3.8, 4) is 0 Å². The Morgan fingerprint density at radius 1 is 0.506 bits per heavy atom. The first kappa shape index (κ1) is 72.7. The smallest absolute Gasteiger partial charge is 0.248 e. The lowest BCUT2D eigenvalue weighted by atomic mass is 9.93. The average molecular weight is 1180 g/mol. The van der Waals surface area contributed by atoms with Gasteiger partial charge in [-0.1, -0.05) is 88.5 Å². The van der Waals surface area contributed by atoms with Gasteiger partial charge in [0.1, 0.15) is 58.9 Å². The Kier molecular flexibility index (Phi) is 28.1. The zero-order valence-corrected chi connectivity index (χ0v) is 52.5. The second kappa shape index (κ2) is 32.0. The van der Waals surface area contributed by atoms with Gasteiger partial charge in [0.05, 0.1) is 19.1 Å². The Morgan fingerprint density at radius 3 is 1.34 bits per heavy atom. The summed E-state index contributed by atoms with van der Waals surface area (Å²) in [4.78, 5) is 167. The van der Waals surface area contributed by atoms with Gasteiger partial charge in [-0.25, -0.2) is 0 Å². The maximum Gasteiger partial charge on any atom is 0.248 e. The minimum Gasteiger partial charge on any atom is -0.394 e. The van der Waals surface area contributed by atoms with Gasteiger partial charge in [0.15, 0.2) is 0 Å². The molecular weight excluding hydrogens is 1070 g/mol. The van der Waals surface area contributed by atoms with Gasteiger partial charge in [-0.05, 0) is 110 Å². The molecule has 12 amide bonds. The van der Waals surface area contributed by atoms with E-state index in [4.69, 9.17) is 5.73 Å². The first-order valence-electron chi connectivity index (χ1n) is 29.7. The summed E-state index contributed by atoms with van der Waals surface area (Å²) in [5.41, 5.74) is 0.769. The van der Waals surface area contributed by atoms with Crippen LogP contribution in [-0.4, -0.2) is 170 Å². The fraction of sp³-hybridized carbons (Fsp3) is 0.793. The van der Waals surface area contributed by atoms with Crippen LogP contribution in [0, 0.1) is 29.6 Å². The van der Waals surface area contributed by atoms with E-state index in [9.17, 15) is 62.6 Å². The number of aliphatic hydroxyl groups is 1. The van der Waals surface area contributed by atoms with E-state index in [1.165, 1.54) is 58.3 Å². The molecule has 2 saturated heterocycles. The quantitative estimate of drug-likeness (QED) is 0.0442. The van der Waals surface area contributed by atoms with E-state index in [0.717, 1.165) is 6.42 Å². The number of amides is 12. The van der Waals surface area contributed by atoms with E-state index >= 15 is 0 Å². The minimum atomic E-state index is -1.66. The summed E-state index contributed by atoms with van der Waals surface area (Å²) in [6.45, 7) is 28.4. The number of rotatable bonds is 32. The molecule has 0 unspecified atom stereocenters. The highest BCUT2D eigenvalue weighted by molar-refractivity contribution is 6.01. The Balaban J connectivity index is 2.32. The largest absolute Gasteiger partial charge is 0.394 e. The zero-order valence-electron chi connectivity index (χ0n) is 52.5. The molecule has 25 heteroatoms. The normalized spacial score (nSPS) is 18.9. The molecule has 0 radical (unpaired) electrons. The predicted octanol–water partition coefficient (Wildman–Crippen LogP) is 0.680. The van der Waals surface area contributed by atoms with Crippen molar-refractivity contribution in [2.75, 3.05) is 19.7 Å². The van der Waals surface area contributed by atoms with Crippen molar-refractivity contribution in [3.63, 3.8) is 0 Å². The third-order valence-corrected chi connectivity index (χ3v) is 15.8. The van der Waals surface area contributed by atoms with Gasteiger partial charge in [0.25, 0.3) is 0 Å². The van der Waals surface area contributed by atoms with E-state index < -0.39 is 148 Å². The summed E-state index contributed by atoms with van der Waals surface area (Å²) in [6, 6.07) is -8.75. The number of aliphatic hydroxyl groups excluding tert-OH is 1. The molecule has 2 aliphatic rings. The Morgan fingerprint density at radius 2 is 0.916 bits per heavy atom. The van der Waals surface area contributed by atoms with Crippen LogP contribution in [0.2, 0.25) is 0 Å². The van der Waals surface area contributed by atoms with Crippen molar-refractivity contribution in [2.45, 2.75) is 247 Å². The monoisotopic (exact) mass is 1170 g/mol. The van der Waals surface area contributed by atoms with Crippen molar-refractivity contribution >= 4 is 70.9 Å². The van der Waals surface area contributed by atoms with Crippen molar-refractivity contribution in [3.05, 3.63) is 0 Å². The van der Waals surface area contributed by atoms with Gasteiger partial charge in [-0.15, -0.1) is 0 Å². The van der Waals surface area contributed by atoms with Crippen molar-refractivity contribution in [1.29, 1.82) is 0 Å². The van der Waals surface area contributed by atoms with Crippen molar-refractivity contribution < 1.29 is 62.6 Å². The number of hydrogen-bond donors (Lipinski definition) is 11. The highest BCUT2D eigenvalue weighted by atomic mass is 16.3. The molecule has 2 aliphatic heterocycles. The predicted molar refractivity (Wildman–Crippen MR) is 312 cm³/mol. The Hall–Kier alpha value is -6.40. The van der Waals surface area contributed by atoms with Crippen LogP contribution in [0.15, 0.2) is 0 Å². The number of nitrogens with one attached hydrogen (secondary N) is 9. The number of nitrogens with two attached hydrogens (primary N) is 1. The SMILES string of the molecule is CC[C@H](C)[C@H](NC(=O)[C@H](CC(N)=O)NC(=O)C(C)(C)NC(C)=O)C(=O)N[C@H](C(=O)NC(C)(C)C(=O)N1CCC[C@H]1C(=O)N[C@@H](CC(C)C)C(=O)N[C@@H](CC(C)C)C(=O)NC(C)(C)C(=O)N1CCC[C@H]1C(=O)N[C@H](CO)[C@@H](C)CC)[C@@H](C)CC. The van der Waals surface area contributed by atoms with Crippen LogP contribution in [0.1, 0.15) is 182 Å². The number of carbonyl (C=O) groups is 12. The molecular formula is C58H102N12O13. The first-order valence-corrected chi connectivity index (χ1v) is 29.7. The first-order chi connectivity index (χ1) is 38.4. The van der Waals surface area contributed by atoms with Gasteiger partial charge in [0, 0.05) is 20.0 Å². The molecule has 472 valence electrons. The number of carbonyl (C=O) groups excluding carboxylic acids is 12. The Bertz CT molecular complexity index is 2320. The van der Waals surface area contributed by atoms with Gasteiger partial charge in [0.2, 0.25) is 70.9 Å². The standard InChI is InChI=1S/C58H102N12O13/c1-18-33(8)40(30-71)62-50(78)42-24-22-26-70(42)54(82)57(14,15)67-48(76)38(28-32(6)7)60-46(74)37(27-31(4)5)61-49(77)41-23-21-25-69(41)55(83)58(16,17)68-52(80)45(35(10)20-3)65-51(79)44(34(9)19-2)64-47(75)39(29-43(59)73)63-53(81)56(12,13)66-36(11)72/h31-35,37-42,44-45,71H,18-30H2,1-17H3,(H2,59,73)(H,60,74)(H,61,77)(H,62,78)(H,63,81)(H,64,75)(H,65,79)(H,66,72)(H,67,76)(H,68,80)/t33-,34-,35-,37-,38-,39-,40+,41-,42-,44-,45-/m0/s1. The van der Waals surface area contributed by atoms with Gasteiger partial charge in [-0.3, -0.25) is 57.5 Å². The molecule has 2 fully saturated rings. The molecule has 0 saturated carbocycles. The fourth-order valence-electron chi connectivity index (χ4n) is 10.2. The number of hydrogen-bond acceptors (Lipinski definition) is 13. The molecule has 0 aromatic carbocycles. The van der Waals surface area contributed by atoms with Crippen LogP contribution in [0.5, 0.6) is 0 Å². The van der Waals surface area contributed by atoms with E-state index in [2.05, 4.69) is 47.9 Å². The lowest BCUT2D eigenvalue weighted by Gasteiger charge is -2.36. The van der Waals surface area contributed by atoms with Crippen LogP contribution in [-0.2, 0) is 57.5 Å². The molecule has 0 aromatic heterocycles. The van der Waals surface area contributed by atoms with Crippen molar-refractivity contribution in [1.82, 2.24) is 57.7 Å². The maximum atomic E-state index is 14.5. The third kappa shape index (κ3) is 21.3. The molecule has 0 bridgehead atoms. The average Bonchev–Trinajstić information content (AvgIpc) is 4.36. The zero-order chi connectivity index (χ0) is 63.6. The lowest BCUT2D eigenvalue weighted by Crippen LogP contribution is -2.64. The summed E-state index contributed by atoms with van der Waals surface area (Å²) in [5.74, 6) is -9.44. The number of likely N-dealkylation sites (tertiary alicyclic amines) is 2. The van der Waals surface area contributed by atoms with E-state index in [0.29, 0.717) is 32.1 Å². The molecule has 11 atom stereocenters. The summed E-state index contributed by atoms with van der Waals surface area (Å²) >= 11 is 0. The van der Waals surface area contributed by atoms with Crippen LogP contribution in [0.3, 0.4) is 0 Å². The molecule has 0 aromatic rings. The summed E-state index contributed by atoms with van der Waals surface area (Å²) in [6.07, 6.45) is 2.75. The molecule has 25 nitrogen and oxygen atoms in total. The van der Waals surface area contributed by atoms with E-state index in [1.807, 2.05) is 41.5 Å². The number of primary amides is 1. The third-order valence-electron chi connectivity index (χ3n) is 15.8.